The van der Waals surface area contributed by atoms with Crippen LogP contribution in [0, 0.1) is 10.1 Å². The van der Waals surface area contributed by atoms with E-state index in [-0.39, 0.29) is 34.8 Å². The maximum absolute atomic E-state index is 11.7. The Hall–Kier alpha value is -2.67. The van der Waals surface area contributed by atoms with Gasteiger partial charge in [-0.3, -0.25) is 19.8 Å². The summed E-state index contributed by atoms with van der Waals surface area (Å²) in [6.45, 7) is 2.72. The summed E-state index contributed by atoms with van der Waals surface area (Å²) in [5.74, 6) is 0.267. The first-order chi connectivity index (χ1) is 15.6. The Morgan fingerprint density at radius 3 is 2.58 bits per heavy atom. The number of nitrogens with zero attached hydrogens (tertiary/aromatic N) is 2. The first kappa shape index (κ1) is 26.6. The number of carbonyl (C=O) groups excluding carboxylic acids is 1. The number of nitrogens with two attached hydrogens (primary N) is 1. The van der Waals surface area contributed by atoms with Gasteiger partial charge >= 0.3 is 5.97 Å². The maximum atomic E-state index is 11.7. The van der Waals surface area contributed by atoms with E-state index in [0.717, 1.165) is 11.0 Å². The van der Waals surface area contributed by atoms with E-state index in [2.05, 4.69) is 5.32 Å². The fraction of sp³-hybridized carbons (Fsp3) is 0.381. The van der Waals surface area contributed by atoms with E-state index >= 15 is 0 Å². The molecule has 33 heavy (non-hydrogen) atoms. The average molecular weight is 497 g/mol. The lowest BCUT2D eigenvalue weighted by Crippen LogP contribution is -2.33. The number of ether oxygens (including phenoxy) is 1. The molecule has 0 aromatic heterocycles. The van der Waals surface area contributed by atoms with Crippen molar-refractivity contribution in [3.05, 3.63) is 58.6 Å². The highest BCUT2D eigenvalue weighted by atomic mass is 32.2. The Morgan fingerprint density at radius 2 is 1.97 bits per heavy atom. The molecular weight excluding hydrogens is 468 g/mol. The van der Waals surface area contributed by atoms with Crippen LogP contribution in [0.3, 0.4) is 0 Å². The molecule has 0 aliphatic carbocycles. The minimum Gasteiger partial charge on any atom is -0.465 e. The van der Waals surface area contributed by atoms with Gasteiger partial charge in [-0.15, -0.1) is 11.8 Å². The molecule has 0 aliphatic rings. The topological polar surface area (TPSA) is 145 Å². The molecule has 0 bridgehead atoms. The molecule has 0 amide bonds. The summed E-state index contributed by atoms with van der Waals surface area (Å²) in [5.41, 5.74) is -0.185. The zero-order chi connectivity index (χ0) is 24.4. The number of likely N-dealkylation sites (N-methyl/N-ethyl adjacent to an activating group) is 1. The van der Waals surface area contributed by atoms with Crippen molar-refractivity contribution in [2.24, 2.45) is 5.14 Å². The minimum absolute atomic E-state index is 0.135. The summed E-state index contributed by atoms with van der Waals surface area (Å²) in [7, 11) is -2.28. The van der Waals surface area contributed by atoms with Crippen molar-refractivity contribution in [3.8, 4) is 0 Å². The molecule has 10 nitrogen and oxygen atoms in total. The highest BCUT2D eigenvalue weighted by Crippen LogP contribution is 2.29. The molecule has 2 aromatic carbocycles. The number of primary sulfonamides is 1. The summed E-state index contributed by atoms with van der Waals surface area (Å²) in [4.78, 5) is 25.2. The van der Waals surface area contributed by atoms with Crippen LogP contribution in [0.15, 0.2) is 58.3 Å². The normalized spacial score (nSPS) is 12.4. The molecule has 0 fully saturated rings. The highest BCUT2D eigenvalue weighted by molar-refractivity contribution is 7.99. The van der Waals surface area contributed by atoms with Crippen molar-refractivity contribution in [2.75, 3.05) is 37.8 Å². The van der Waals surface area contributed by atoms with Gasteiger partial charge in [-0.25, -0.2) is 13.6 Å². The zero-order valence-corrected chi connectivity index (χ0v) is 20.1. The van der Waals surface area contributed by atoms with Gasteiger partial charge in [0.1, 0.15) is 5.69 Å². The van der Waals surface area contributed by atoms with Crippen LogP contribution in [-0.2, 0) is 19.6 Å². The van der Waals surface area contributed by atoms with Gasteiger partial charge in [0.05, 0.1) is 23.0 Å². The molecule has 0 saturated heterocycles. The van der Waals surface area contributed by atoms with Crippen LogP contribution in [0.4, 0.5) is 11.4 Å². The number of nitro benzene ring substituents is 1. The van der Waals surface area contributed by atoms with Crippen LogP contribution in [0.5, 0.6) is 0 Å². The van der Waals surface area contributed by atoms with Crippen LogP contribution in [-0.4, -0.2) is 62.7 Å². The Kier molecular flexibility index (Phi) is 10.1. The molecule has 0 radical (unpaired) electrons. The number of hydrogen-bond acceptors (Lipinski definition) is 9. The standard InChI is InChI=1S/C21H28N4O6S2/c1-3-31-21(26)14-24(2)12-11-16(15-32-17-7-5-4-6-8-17)23-19-10-9-18(33(22,29)30)13-20(19)25(27)28/h4-10,13,16,23H,3,11-12,14-15H2,1-2H3,(H2,22,29,30)/t16-/m1/s1. The molecule has 2 rings (SSSR count). The lowest BCUT2D eigenvalue weighted by molar-refractivity contribution is -0.384. The van der Waals surface area contributed by atoms with Gasteiger partial charge in [0.15, 0.2) is 0 Å². The average Bonchev–Trinajstić information content (AvgIpc) is 2.75. The third kappa shape index (κ3) is 9.00. The van der Waals surface area contributed by atoms with Gasteiger partial charge < -0.3 is 10.1 Å². The van der Waals surface area contributed by atoms with Crippen molar-refractivity contribution < 1.29 is 22.9 Å². The molecule has 1 atom stereocenters. The van der Waals surface area contributed by atoms with E-state index in [1.807, 2.05) is 35.2 Å². The van der Waals surface area contributed by atoms with E-state index < -0.39 is 14.9 Å². The van der Waals surface area contributed by atoms with Crippen molar-refractivity contribution in [2.45, 2.75) is 29.2 Å². The molecule has 2 aromatic rings. The zero-order valence-electron chi connectivity index (χ0n) is 18.5. The number of nitro groups is 1. The van der Waals surface area contributed by atoms with Crippen molar-refractivity contribution in [1.82, 2.24) is 4.90 Å². The van der Waals surface area contributed by atoms with Crippen LogP contribution in [0.1, 0.15) is 13.3 Å². The number of hydrogen-bond donors (Lipinski definition) is 2. The number of rotatable bonds is 13. The molecule has 3 N–H and O–H groups in total. The second-order valence-corrected chi connectivity index (χ2v) is 9.93. The van der Waals surface area contributed by atoms with Crippen molar-refractivity contribution in [1.29, 1.82) is 0 Å². The second-order valence-electron chi connectivity index (χ2n) is 7.28. The van der Waals surface area contributed by atoms with Crippen LogP contribution in [0.25, 0.3) is 0 Å². The van der Waals surface area contributed by atoms with Gasteiger partial charge in [0, 0.05) is 29.3 Å². The molecule has 0 aliphatic heterocycles. The molecule has 0 heterocycles. The SMILES string of the molecule is CCOC(=O)CN(C)CC[C@H](CSc1ccccc1)Nc1ccc(S(N)(=O)=O)cc1[N+](=O)[O-]. The van der Waals surface area contributed by atoms with Crippen LogP contribution < -0.4 is 10.5 Å². The van der Waals surface area contributed by atoms with Gasteiger partial charge in [-0.1, -0.05) is 18.2 Å². The number of thioether (sulfide) groups is 1. The van der Waals surface area contributed by atoms with Crippen molar-refractivity contribution >= 4 is 39.1 Å². The number of anilines is 1. The lowest BCUT2D eigenvalue weighted by atomic mass is 10.2. The first-order valence-electron chi connectivity index (χ1n) is 10.2. The van der Waals surface area contributed by atoms with Gasteiger partial charge in [-0.2, -0.15) is 0 Å². The Balaban J connectivity index is 2.18. The Labute approximate surface area is 197 Å². The predicted molar refractivity (Wildman–Crippen MR) is 128 cm³/mol. The lowest BCUT2D eigenvalue weighted by Gasteiger charge is -2.23. The van der Waals surface area contributed by atoms with E-state index in [1.54, 1.807) is 25.7 Å². The predicted octanol–water partition coefficient (Wildman–Crippen LogP) is 2.70. The quantitative estimate of drug-likeness (QED) is 0.185. The number of sulfonamides is 1. The molecule has 180 valence electrons. The fourth-order valence-electron chi connectivity index (χ4n) is 2.97. The Morgan fingerprint density at radius 1 is 1.27 bits per heavy atom. The largest absolute Gasteiger partial charge is 0.465 e. The third-order valence-corrected chi connectivity index (χ3v) is 6.70. The smallest absolute Gasteiger partial charge is 0.320 e. The monoisotopic (exact) mass is 496 g/mol. The second kappa shape index (κ2) is 12.5. The van der Waals surface area contributed by atoms with Crippen LogP contribution >= 0.6 is 11.8 Å². The molecule has 0 saturated carbocycles. The number of carbonyl (C=O) groups is 1. The summed E-state index contributed by atoms with van der Waals surface area (Å²) in [6, 6.07) is 13.0. The van der Waals surface area contributed by atoms with E-state index in [1.165, 1.54) is 12.1 Å². The maximum Gasteiger partial charge on any atom is 0.320 e. The van der Waals surface area contributed by atoms with Crippen molar-refractivity contribution in [3.63, 3.8) is 0 Å². The highest BCUT2D eigenvalue weighted by Gasteiger charge is 2.22. The summed E-state index contributed by atoms with van der Waals surface area (Å²) >= 11 is 1.58. The fourth-order valence-corrected chi connectivity index (χ4v) is 4.50. The number of esters is 1. The molecule has 0 unspecified atom stereocenters. The summed E-state index contributed by atoms with van der Waals surface area (Å²) in [6.07, 6.45) is 0.573. The van der Waals surface area contributed by atoms with E-state index in [0.29, 0.717) is 25.3 Å². The molecule has 0 spiro atoms. The van der Waals surface area contributed by atoms with E-state index in [9.17, 15) is 23.3 Å². The third-order valence-electron chi connectivity index (χ3n) is 4.61. The van der Waals surface area contributed by atoms with Crippen LogP contribution in [0.2, 0.25) is 0 Å². The summed E-state index contributed by atoms with van der Waals surface area (Å²) < 4.78 is 28.2. The summed E-state index contributed by atoms with van der Waals surface area (Å²) in [5, 5.41) is 19.9. The molecular formula is C21H28N4O6S2. The Bertz CT molecular complexity index is 1050. The number of nitrogens with one attached hydrogen (secondary N) is 1. The molecule has 12 heteroatoms. The first-order valence-corrected chi connectivity index (χ1v) is 12.7. The van der Waals surface area contributed by atoms with E-state index in [4.69, 9.17) is 9.88 Å². The van der Waals surface area contributed by atoms with Gasteiger partial charge in [-0.05, 0) is 44.7 Å². The van der Waals surface area contributed by atoms with Gasteiger partial charge in [0.25, 0.3) is 5.69 Å². The number of benzene rings is 2. The van der Waals surface area contributed by atoms with Gasteiger partial charge in [0.2, 0.25) is 10.0 Å². The minimum atomic E-state index is -4.07.